The lowest BCUT2D eigenvalue weighted by Crippen LogP contribution is -2.43. The molecule has 1 amide bonds. The minimum atomic E-state index is -0.1000. The van der Waals surface area contributed by atoms with Crippen molar-refractivity contribution in [3.8, 4) is 0 Å². The highest BCUT2D eigenvalue weighted by Crippen LogP contribution is 2.26. The Labute approximate surface area is 119 Å². The van der Waals surface area contributed by atoms with E-state index in [1.807, 2.05) is 30.9 Å². The molecule has 1 aliphatic heterocycles. The van der Waals surface area contributed by atoms with Gasteiger partial charge in [-0.15, -0.1) is 0 Å². The molecule has 1 aliphatic rings. The second kappa shape index (κ2) is 7.45. The first kappa shape index (κ1) is 15.1. The summed E-state index contributed by atoms with van der Waals surface area (Å²) in [6.07, 6.45) is 1.27. The zero-order valence-electron chi connectivity index (χ0n) is 12.3. The largest absolute Gasteiger partial charge is 0.464 e. The number of aryl methyl sites for hydroxylation is 1. The molecule has 2 heterocycles. The molecule has 0 spiro atoms. The molecule has 1 fully saturated rings. The molecule has 0 aliphatic carbocycles. The number of hydrogen-bond acceptors (Lipinski definition) is 4. The number of carbonyl (C=O) groups excluding carboxylic acids is 1. The zero-order valence-corrected chi connectivity index (χ0v) is 12.3. The fourth-order valence-corrected chi connectivity index (χ4v) is 2.38. The molecule has 112 valence electrons. The number of nitrogens with zero attached hydrogens (tertiary/aromatic N) is 1. The van der Waals surface area contributed by atoms with Crippen LogP contribution in [0.4, 0.5) is 0 Å². The van der Waals surface area contributed by atoms with Crippen molar-refractivity contribution in [2.45, 2.75) is 32.7 Å². The lowest BCUT2D eigenvalue weighted by atomic mass is 10.1. The summed E-state index contributed by atoms with van der Waals surface area (Å²) in [4.78, 5) is 14.2. The van der Waals surface area contributed by atoms with Crippen molar-refractivity contribution >= 4 is 5.91 Å². The molecule has 2 rings (SSSR count). The number of carbonyl (C=O) groups is 1. The molecular weight excluding hydrogens is 258 g/mol. The molecule has 1 atom stereocenters. The zero-order chi connectivity index (χ0) is 14.4. The molecule has 5 heteroatoms. The van der Waals surface area contributed by atoms with Crippen molar-refractivity contribution in [1.82, 2.24) is 4.90 Å². The van der Waals surface area contributed by atoms with Gasteiger partial charge in [-0.05, 0) is 32.4 Å². The molecule has 0 saturated carbocycles. The van der Waals surface area contributed by atoms with Crippen LogP contribution in [0.3, 0.4) is 0 Å². The third-order valence-electron chi connectivity index (χ3n) is 3.42. The summed E-state index contributed by atoms with van der Waals surface area (Å²) >= 11 is 0. The van der Waals surface area contributed by atoms with Gasteiger partial charge in [-0.25, -0.2) is 0 Å². The molecule has 0 radical (unpaired) electrons. The first-order valence-electron chi connectivity index (χ1n) is 7.23. The molecule has 0 unspecified atom stereocenters. The number of morpholine rings is 1. The van der Waals surface area contributed by atoms with E-state index >= 15 is 0 Å². The smallest absolute Gasteiger partial charge is 0.223 e. The van der Waals surface area contributed by atoms with Gasteiger partial charge in [-0.3, -0.25) is 4.79 Å². The Hall–Kier alpha value is -1.33. The van der Waals surface area contributed by atoms with Crippen molar-refractivity contribution in [3.05, 3.63) is 23.7 Å². The van der Waals surface area contributed by atoms with Crippen LogP contribution in [0.15, 0.2) is 16.5 Å². The topological polar surface area (TPSA) is 51.9 Å². The molecule has 1 aromatic heterocycles. The Bertz CT molecular complexity index is 429. The van der Waals surface area contributed by atoms with E-state index in [1.54, 1.807) is 0 Å². The van der Waals surface area contributed by atoms with Gasteiger partial charge in [0.25, 0.3) is 0 Å². The SMILES string of the molecule is CCOCCCC(=O)N1CCOC[C@@H]1c1ccc(C)o1. The van der Waals surface area contributed by atoms with E-state index in [4.69, 9.17) is 13.9 Å². The van der Waals surface area contributed by atoms with Crippen LogP contribution < -0.4 is 0 Å². The fraction of sp³-hybridized carbons (Fsp3) is 0.667. The predicted octanol–water partition coefficient (Wildman–Crippen LogP) is 2.30. The number of ether oxygens (including phenoxy) is 2. The fourth-order valence-electron chi connectivity index (χ4n) is 2.38. The van der Waals surface area contributed by atoms with E-state index < -0.39 is 0 Å². The molecule has 0 bridgehead atoms. The van der Waals surface area contributed by atoms with Crippen LogP contribution in [-0.4, -0.2) is 43.8 Å². The van der Waals surface area contributed by atoms with Gasteiger partial charge in [0.05, 0.1) is 13.2 Å². The maximum absolute atomic E-state index is 12.3. The standard InChI is InChI=1S/C15H23NO4/c1-3-18-9-4-5-15(17)16-8-10-19-11-13(16)14-7-6-12(2)20-14/h6-7,13H,3-5,8-11H2,1-2H3/t13-/m1/s1. The monoisotopic (exact) mass is 281 g/mol. The van der Waals surface area contributed by atoms with E-state index in [9.17, 15) is 4.79 Å². The van der Waals surface area contributed by atoms with Crippen molar-refractivity contribution in [3.63, 3.8) is 0 Å². The first-order chi connectivity index (χ1) is 9.72. The van der Waals surface area contributed by atoms with Crippen molar-refractivity contribution < 1.29 is 18.7 Å². The van der Waals surface area contributed by atoms with E-state index in [0.717, 1.165) is 17.9 Å². The van der Waals surface area contributed by atoms with E-state index in [1.165, 1.54) is 0 Å². The van der Waals surface area contributed by atoms with Crippen LogP contribution >= 0.6 is 0 Å². The van der Waals surface area contributed by atoms with Gasteiger partial charge in [0, 0.05) is 26.2 Å². The number of rotatable bonds is 6. The maximum Gasteiger partial charge on any atom is 0.223 e. The van der Waals surface area contributed by atoms with Crippen LogP contribution in [0.25, 0.3) is 0 Å². The van der Waals surface area contributed by atoms with Gasteiger partial charge in [-0.1, -0.05) is 0 Å². The van der Waals surface area contributed by atoms with Crippen molar-refractivity contribution in [2.24, 2.45) is 0 Å². The van der Waals surface area contributed by atoms with Gasteiger partial charge >= 0.3 is 0 Å². The summed E-state index contributed by atoms with van der Waals surface area (Å²) in [6, 6.07) is 3.74. The second-order valence-electron chi connectivity index (χ2n) is 4.93. The molecule has 0 aromatic carbocycles. The number of amides is 1. The summed E-state index contributed by atoms with van der Waals surface area (Å²) in [5, 5.41) is 0. The van der Waals surface area contributed by atoms with E-state index in [2.05, 4.69) is 0 Å². The Morgan fingerprint density at radius 2 is 2.35 bits per heavy atom. The summed E-state index contributed by atoms with van der Waals surface area (Å²) in [6.45, 7) is 6.91. The highest BCUT2D eigenvalue weighted by Gasteiger charge is 2.30. The van der Waals surface area contributed by atoms with Gasteiger partial charge in [0.2, 0.25) is 5.91 Å². The minimum absolute atomic E-state index is 0.1000. The number of furan rings is 1. The molecule has 0 N–H and O–H groups in total. The molecule has 1 aromatic rings. The first-order valence-corrected chi connectivity index (χ1v) is 7.23. The number of hydrogen-bond donors (Lipinski definition) is 0. The Balaban J connectivity index is 1.94. The molecule has 20 heavy (non-hydrogen) atoms. The van der Waals surface area contributed by atoms with Crippen LogP contribution in [0.5, 0.6) is 0 Å². The van der Waals surface area contributed by atoms with Gasteiger partial charge < -0.3 is 18.8 Å². The van der Waals surface area contributed by atoms with Crippen molar-refractivity contribution in [1.29, 1.82) is 0 Å². The molecule has 5 nitrogen and oxygen atoms in total. The van der Waals surface area contributed by atoms with Crippen LogP contribution in [0.2, 0.25) is 0 Å². The summed E-state index contributed by atoms with van der Waals surface area (Å²) in [7, 11) is 0. The average molecular weight is 281 g/mol. The van der Waals surface area contributed by atoms with Gasteiger partial charge in [0.15, 0.2) is 0 Å². The van der Waals surface area contributed by atoms with Gasteiger partial charge in [-0.2, -0.15) is 0 Å². The minimum Gasteiger partial charge on any atom is -0.464 e. The molecular formula is C15H23NO4. The Kier molecular flexibility index (Phi) is 5.61. The highest BCUT2D eigenvalue weighted by atomic mass is 16.5. The third-order valence-corrected chi connectivity index (χ3v) is 3.42. The lowest BCUT2D eigenvalue weighted by Gasteiger charge is -2.34. The lowest BCUT2D eigenvalue weighted by molar-refractivity contribution is -0.141. The van der Waals surface area contributed by atoms with Crippen LogP contribution in [0.1, 0.15) is 37.3 Å². The predicted molar refractivity (Wildman–Crippen MR) is 74.4 cm³/mol. The second-order valence-corrected chi connectivity index (χ2v) is 4.93. The Morgan fingerprint density at radius 3 is 3.05 bits per heavy atom. The average Bonchev–Trinajstić information content (AvgIpc) is 2.90. The van der Waals surface area contributed by atoms with E-state index in [0.29, 0.717) is 39.4 Å². The Morgan fingerprint density at radius 1 is 1.50 bits per heavy atom. The highest BCUT2D eigenvalue weighted by molar-refractivity contribution is 5.76. The van der Waals surface area contributed by atoms with Crippen molar-refractivity contribution in [2.75, 3.05) is 33.0 Å². The van der Waals surface area contributed by atoms with Gasteiger partial charge in [0.1, 0.15) is 17.6 Å². The van der Waals surface area contributed by atoms with Crippen LogP contribution in [0, 0.1) is 6.92 Å². The van der Waals surface area contributed by atoms with Crippen LogP contribution in [-0.2, 0) is 14.3 Å². The summed E-state index contributed by atoms with van der Waals surface area (Å²) in [5.74, 6) is 1.81. The third kappa shape index (κ3) is 3.84. The quantitative estimate of drug-likeness (QED) is 0.751. The normalized spacial score (nSPS) is 19.3. The molecule has 1 saturated heterocycles. The summed E-state index contributed by atoms with van der Waals surface area (Å²) < 4.78 is 16.4. The van der Waals surface area contributed by atoms with E-state index in [-0.39, 0.29) is 11.9 Å². The summed E-state index contributed by atoms with van der Waals surface area (Å²) in [5.41, 5.74) is 0. The maximum atomic E-state index is 12.3.